The average molecular weight is 346 g/mol. The van der Waals surface area contributed by atoms with Gasteiger partial charge in [-0.2, -0.15) is 0 Å². The zero-order chi connectivity index (χ0) is 18.0. The maximum atomic E-state index is 13.1. The lowest BCUT2D eigenvalue weighted by Crippen LogP contribution is -2.63. The third kappa shape index (κ3) is 3.33. The molecular weight excluding hydrogens is 316 g/mol. The summed E-state index contributed by atoms with van der Waals surface area (Å²) in [5.41, 5.74) is 0.876. The molecule has 5 heteroatoms. The zero-order valence-electron chi connectivity index (χ0n) is 15.5. The van der Waals surface area contributed by atoms with Crippen LogP contribution in [0.5, 0.6) is 0 Å². The van der Waals surface area contributed by atoms with E-state index in [1.807, 2.05) is 61.2 Å². The molecule has 5 nitrogen and oxygen atoms in total. The maximum Gasteiger partial charge on any atom is 0.244 e. The first-order valence-electron chi connectivity index (χ1n) is 9.29. The van der Waals surface area contributed by atoms with E-state index in [1.54, 1.807) is 0 Å². The lowest BCUT2D eigenvalue weighted by Gasteiger charge is -2.56. The van der Waals surface area contributed by atoms with Gasteiger partial charge in [-0.3, -0.25) is 9.69 Å². The quantitative estimate of drug-likeness (QED) is 0.887. The summed E-state index contributed by atoms with van der Waals surface area (Å²) in [6, 6.07) is 9.67. The van der Waals surface area contributed by atoms with Crippen molar-refractivity contribution in [2.45, 2.75) is 44.4 Å². The summed E-state index contributed by atoms with van der Waals surface area (Å²) < 4.78 is 5.82. The molecular formula is C20H30N2O3. The summed E-state index contributed by atoms with van der Waals surface area (Å²) in [7, 11) is 3.89. The van der Waals surface area contributed by atoms with Crippen molar-refractivity contribution in [1.82, 2.24) is 9.80 Å². The van der Waals surface area contributed by atoms with E-state index >= 15 is 0 Å². The largest absolute Gasteiger partial charge is 0.392 e. The average Bonchev–Trinajstić information content (AvgIpc) is 2.62. The van der Waals surface area contributed by atoms with Crippen LogP contribution in [0.4, 0.5) is 0 Å². The van der Waals surface area contributed by atoms with Crippen LogP contribution in [0.1, 0.15) is 37.8 Å². The molecule has 3 atom stereocenters. The number of carbonyl (C=O) groups excluding carboxylic acids is 1. The minimum Gasteiger partial charge on any atom is -0.392 e. The van der Waals surface area contributed by atoms with Crippen molar-refractivity contribution in [3.05, 3.63) is 35.9 Å². The molecule has 3 unspecified atom stereocenters. The number of hydrogen-bond acceptors (Lipinski definition) is 4. The molecule has 1 saturated carbocycles. The van der Waals surface area contributed by atoms with Crippen molar-refractivity contribution in [3.63, 3.8) is 0 Å². The van der Waals surface area contributed by atoms with Gasteiger partial charge in [-0.1, -0.05) is 30.3 Å². The third-order valence-electron chi connectivity index (χ3n) is 5.98. The lowest BCUT2D eigenvalue weighted by atomic mass is 9.58. The van der Waals surface area contributed by atoms with Gasteiger partial charge in [-0.05, 0) is 39.4 Å². The molecule has 2 fully saturated rings. The van der Waals surface area contributed by atoms with Gasteiger partial charge in [0, 0.05) is 31.5 Å². The minimum absolute atomic E-state index is 0.142. The molecule has 25 heavy (non-hydrogen) atoms. The van der Waals surface area contributed by atoms with Gasteiger partial charge in [0.1, 0.15) is 6.04 Å². The molecule has 0 bridgehead atoms. The number of rotatable bonds is 5. The Balaban J connectivity index is 1.68. The molecule has 1 aliphatic carbocycles. The normalized spacial score (nSPS) is 26.5. The Bertz CT molecular complexity index is 580. The number of likely N-dealkylation sites (tertiary alicyclic amines) is 1. The van der Waals surface area contributed by atoms with Gasteiger partial charge in [-0.25, -0.2) is 0 Å². The molecule has 3 rings (SSSR count). The Kier molecular flexibility index (Phi) is 5.46. The van der Waals surface area contributed by atoms with Crippen LogP contribution in [0.25, 0.3) is 0 Å². The number of piperidine rings is 1. The molecule has 1 amide bonds. The molecule has 138 valence electrons. The second-order valence-corrected chi connectivity index (χ2v) is 7.53. The van der Waals surface area contributed by atoms with Gasteiger partial charge in [0.25, 0.3) is 0 Å². The summed E-state index contributed by atoms with van der Waals surface area (Å²) >= 11 is 0. The molecule has 0 aromatic heterocycles. The summed E-state index contributed by atoms with van der Waals surface area (Å²) in [4.78, 5) is 17.1. The Morgan fingerprint density at radius 2 is 1.96 bits per heavy atom. The fraction of sp³-hybridized carbons (Fsp3) is 0.650. The minimum atomic E-state index is -0.292. The number of nitrogens with zero attached hydrogens (tertiary/aromatic N) is 2. The Labute approximate surface area is 150 Å². The van der Waals surface area contributed by atoms with E-state index in [9.17, 15) is 9.90 Å². The Morgan fingerprint density at radius 3 is 2.48 bits per heavy atom. The molecule has 1 saturated heterocycles. The standard InChI is InChI=1S/C20H30N2O3/c1-4-25-17-14-16(23)20(17)10-12-22(13-11-20)19(24)18(21(2)3)15-8-6-5-7-9-15/h5-9,16-18,23H,4,10-14H2,1-3H3. The van der Waals surface area contributed by atoms with E-state index in [4.69, 9.17) is 4.74 Å². The Morgan fingerprint density at radius 1 is 1.32 bits per heavy atom. The molecule has 0 radical (unpaired) electrons. The van der Waals surface area contributed by atoms with Crippen molar-refractivity contribution in [3.8, 4) is 0 Å². The highest BCUT2D eigenvalue weighted by atomic mass is 16.5. The van der Waals surface area contributed by atoms with Crippen LogP contribution in [-0.4, -0.2) is 66.8 Å². The first-order chi connectivity index (χ1) is 12.0. The summed E-state index contributed by atoms with van der Waals surface area (Å²) in [5.74, 6) is 0.146. The van der Waals surface area contributed by atoms with Gasteiger partial charge in [-0.15, -0.1) is 0 Å². The number of benzene rings is 1. The topological polar surface area (TPSA) is 53.0 Å². The third-order valence-corrected chi connectivity index (χ3v) is 5.98. The molecule has 1 aliphatic heterocycles. The number of likely N-dealkylation sites (N-methyl/N-ethyl adjacent to an activating group) is 1. The van der Waals surface area contributed by atoms with Gasteiger partial charge in [0.2, 0.25) is 5.91 Å². The summed E-state index contributed by atoms with van der Waals surface area (Å²) in [6.45, 7) is 4.06. The number of hydrogen-bond donors (Lipinski definition) is 1. The molecule has 1 aromatic rings. The van der Waals surface area contributed by atoms with Crippen molar-refractivity contribution in [2.24, 2.45) is 5.41 Å². The van der Waals surface area contributed by atoms with Crippen LogP contribution in [-0.2, 0) is 9.53 Å². The number of amides is 1. The van der Waals surface area contributed by atoms with Gasteiger partial charge >= 0.3 is 0 Å². The van der Waals surface area contributed by atoms with Crippen LogP contribution in [0, 0.1) is 5.41 Å². The van der Waals surface area contributed by atoms with Crippen LogP contribution in [0.2, 0.25) is 0 Å². The second kappa shape index (κ2) is 7.44. The van der Waals surface area contributed by atoms with Crippen molar-refractivity contribution >= 4 is 5.91 Å². The number of aliphatic hydroxyl groups excluding tert-OH is 1. The highest BCUT2D eigenvalue weighted by Crippen LogP contribution is 2.51. The summed E-state index contributed by atoms with van der Waals surface area (Å²) in [5, 5.41) is 10.3. The van der Waals surface area contributed by atoms with E-state index in [1.165, 1.54) is 0 Å². The van der Waals surface area contributed by atoms with Gasteiger partial charge in [0.05, 0.1) is 12.2 Å². The van der Waals surface area contributed by atoms with Gasteiger partial charge < -0.3 is 14.7 Å². The monoisotopic (exact) mass is 346 g/mol. The van der Waals surface area contributed by atoms with E-state index < -0.39 is 0 Å². The zero-order valence-corrected chi connectivity index (χ0v) is 15.5. The van der Waals surface area contributed by atoms with Crippen LogP contribution < -0.4 is 0 Å². The first-order valence-corrected chi connectivity index (χ1v) is 9.29. The highest BCUT2D eigenvalue weighted by molar-refractivity contribution is 5.83. The molecule has 2 aliphatic rings. The fourth-order valence-electron chi connectivity index (χ4n) is 4.43. The van der Waals surface area contributed by atoms with E-state index in [2.05, 4.69) is 0 Å². The highest BCUT2D eigenvalue weighted by Gasteiger charge is 2.56. The Hall–Kier alpha value is -1.43. The van der Waals surface area contributed by atoms with E-state index in [0.29, 0.717) is 19.7 Å². The lowest BCUT2D eigenvalue weighted by molar-refractivity contribution is -0.210. The van der Waals surface area contributed by atoms with E-state index in [-0.39, 0.29) is 29.6 Å². The number of aliphatic hydroxyl groups is 1. The predicted octanol–water partition coefficient (Wildman–Crippen LogP) is 2.07. The van der Waals surface area contributed by atoms with Crippen molar-refractivity contribution < 1.29 is 14.6 Å². The van der Waals surface area contributed by atoms with Crippen LogP contribution >= 0.6 is 0 Å². The molecule has 1 aromatic carbocycles. The smallest absolute Gasteiger partial charge is 0.244 e. The fourth-order valence-corrected chi connectivity index (χ4v) is 4.43. The van der Waals surface area contributed by atoms with Crippen molar-refractivity contribution in [1.29, 1.82) is 0 Å². The number of ether oxygens (including phenoxy) is 1. The van der Waals surface area contributed by atoms with Crippen molar-refractivity contribution in [2.75, 3.05) is 33.8 Å². The van der Waals surface area contributed by atoms with Crippen LogP contribution in [0.3, 0.4) is 0 Å². The second-order valence-electron chi connectivity index (χ2n) is 7.53. The summed E-state index contributed by atoms with van der Waals surface area (Å²) in [6.07, 6.45) is 2.22. The number of carbonyl (C=O) groups is 1. The molecule has 1 heterocycles. The van der Waals surface area contributed by atoms with E-state index in [0.717, 1.165) is 24.8 Å². The first kappa shape index (κ1) is 18.4. The molecule has 1 spiro atoms. The van der Waals surface area contributed by atoms with Crippen LogP contribution in [0.15, 0.2) is 30.3 Å². The molecule has 1 N–H and O–H groups in total. The van der Waals surface area contributed by atoms with Gasteiger partial charge in [0.15, 0.2) is 0 Å². The predicted molar refractivity (Wildman–Crippen MR) is 97.2 cm³/mol. The maximum absolute atomic E-state index is 13.1. The SMILES string of the molecule is CCOC1CC(O)C12CCN(C(=O)C(c1ccccc1)N(C)C)CC2.